The Kier molecular flexibility index (Phi) is 5.66. The van der Waals surface area contributed by atoms with Crippen LogP contribution in [0.15, 0.2) is 30.3 Å². The van der Waals surface area contributed by atoms with E-state index in [2.05, 4.69) is 24.1 Å². The molecule has 1 amide bonds. The van der Waals surface area contributed by atoms with Crippen LogP contribution in [-0.2, 0) is 4.79 Å². The molecule has 0 saturated carbocycles. The van der Waals surface area contributed by atoms with E-state index in [4.69, 9.17) is 5.73 Å². The number of carbonyl (C=O) groups excluding carboxylic acids is 1. The van der Waals surface area contributed by atoms with E-state index in [9.17, 15) is 4.79 Å². The van der Waals surface area contributed by atoms with Crippen LogP contribution in [0.4, 0.5) is 5.69 Å². The summed E-state index contributed by atoms with van der Waals surface area (Å²) in [5, 5.41) is 2.86. The molecule has 0 aliphatic heterocycles. The maximum Gasteiger partial charge on any atom is 0.238 e. The number of nitrogens with one attached hydrogen (secondary N) is 1. The third-order valence-electron chi connectivity index (χ3n) is 2.55. The highest BCUT2D eigenvalue weighted by atomic mass is 16.2. The Hall–Kier alpha value is -1.39. The average Bonchev–Trinajstić information content (AvgIpc) is 2.29. The predicted octanol–water partition coefficient (Wildman–Crippen LogP) is 1.29. The van der Waals surface area contributed by atoms with Crippen LogP contribution in [0, 0.1) is 0 Å². The SMILES string of the molecule is CC(C)N(CCN)CC(=O)Nc1ccccc1. The van der Waals surface area contributed by atoms with Crippen LogP contribution >= 0.6 is 0 Å². The Morgan fingerprint density at radius 2 is 2.00 bits per heavy atom. The van der Waals surface area contributed by atoms with Crippen molar-refractivity contribution in [2.24, 2.45) is 5.73 Å². The van der Waals surface area contributed by atoms with Crippen LogP contribution in [0.25, 0.3) is 0 Å². The van der Waals surface area contributed by atoms with Crippen LogP contribution < -0.4 is 11.1 Å². The smallest absolute Gasteiger partial charge is 0.238 e. The summed E-state index contributed by atoms with van der Waals surface area (Å²) >= 11 is 0. The maximum atomic E-state index is 11.8. The fourth-order valence-corrected chi connectivity index (χ4v) is 1.59. The molecular weight excluding hydrogens is 214 g/mol. The van der Waals surface area contributed by atoms with Crippen molar-refractivity contribution in [2.75, 3.05) is 25.0 Å². The van der Waals surface area contributed by atoms with Gasteiger partial charge >= 0.3 is 0 Å². The van der Waals surface area contributed by atoms with Gasteiger partial charge in [-0.3, -0.25) is 9.69 Å². The molecule has 3 N–H and O–H groups in total. The van der Waals surface area contributed by atoms with Gasteiger partial charge in [0.15, 0.2) is 0 Å². The molecule has 0 unspecified atom stereocenters. The number of amides is 1. The molecule has 0 aliphatic rings. The van der Waals surface area contributed by atoms with Crippen molar-refractivity contribution >= 4 is 11.6 Å². The number of carbonyl (C=O) groups is 1. The van der Waals surface area contributed by atoms with Gasteiger partial charge in [-0.15, -0.1) is 0 Å². The fraction of sp³-hybridized carbons (Fsp3) is 0.462. The molecule has 0 atom stereocenters. The van der Waals surface area contributed by atoms with E-state index >= 15 is 0 Å². The monoisotopic (exact) mass is 235 g/mol. The first-order valence-electron chi connectivity index (χ1n) is 5.92. The zero-order valence-electron chi connectivity index (χ0n) is 10.5. The molecule has 1 aromatic rings. The third kappa shape index (κ3) is 4.97. The lowest BCUT2D eigenvalue weighted by atomic mass is 10.3. The second kappa shape index (κ2) is 7.04. The predicted molar refractivity (Wildman–Crippen MR) is 70.8 cm³/mol. The van der Waals surface area contributed by atoms with Gasteiger partial charge in [0.25, 0.3) is 0 Å². The van der Waals surface area contributed by atoms with Crippen LogP contribution in [-0.4, -0.2) is 36.5 Å². The molecule has 1 rings (SSSR count). The number of nitrogens with two attached hydrogens (primary N) is 1. The van der Waals surface area contributed by atoms with E-state index in [0.29, 0.717) is 19.1 Å². The van der Waals surface area contributed by atoms with E-state index in [1.165, 1.54) is 0 Å². The molecule has 0 bridgehead atoms. The molecule has 1 aromatic carbocycles. The van der Waals surface area contributed by atoms with Gasteiger partial charge in [-0.2, -0.15) is 0 Å². The van der Waals surface area contributed by atoms with Gasteiger partial charge in [0.1, 0.15) is 0 Å². The van der Waals surface area contributed by atoms with Gasteiger partial charge in [0.2, 0.25) is 5.91 Å². The van der Waals surface area contributed by atoms with E-state index in [1.54, 1.807) is 0 Å². The summed E-state index contributed by atoms with van der Waals surface area (Å²) in [6.07, 6.45) is 0. The molecule has 17 heavy (non-hydrogen) atoms. The van der Waals surface area contributed by atoms with Crippen molar-refractivity contribution in [2.45, 2.75) is 19.9 Å². The van der Waals surface area contributed by atoms with Gasteiger partial charge in [-0.05, 0) is 26.0 Å². The Labute approximate surface area is 103 Å². The van der Waals surface area contributed by atoms with Crippen molar-refractivity contribution in [3.8, 4) is 0 Å². The van der Waals surface area contributed by atoms with Crippen LogP contribution in [0.5, 0.6) is 0 Å². The highest BCUT2D eigenvalue weighted by Crippen LogP contribution is 2.05. The molecule has 94 valence electrons. The molecule has 4 nitrogen and oxygen atoms in total. The molecule has 0 aliphatic carbocycles. The highest BCUT2D eigenvalue weighted by Gasteiger charge is 2.12. The minimum Gasteiger partial charge on any atom is -0.329 e. The number of rotatable bonds is 6. The van der Waals surface area contributed by atoms with Crippen molar-refractivity contribution < 1.29 is 4.79 Å². The number of nitrogens with zero attached hydrogens (tertiary/aromatic N) is 1. The number of hydrogen-bond acceptors (Lipinski definition) is 3. The molecule has 0 aromatic heterocycles. The first-order valence-corrected chi connectivity index (χ1v) is 5.92. The van der Waals surface area contributed by atoms with Gasteiger partial charge < -0.3 is 11.1 Å². The second-order valence-electron chi connectivity index (χ2n) is 4.27. The van der Waals surface area contributed by atoms with E-state index in [-0.39, 0.29) is 5.91 Å². The maximum absolute atomic E-state index is 11.8. The normalized spacial score (nSPS) is 10.9. The van der Waals surface area contributed by atoms with Crippen molar-refractivity contribution in [1.29, 1.82) is 0 Å². The Balaban J connectivity index is 2.48. The molecule has 0 fully saturated rings. The van der Waals surface area contributed by atoms with E-state index in [0.717, 1.165) is 12.2 Å². The van der Waals surface area contributed by atoms with Gasteiger partial charge in [-0.25, -0.2) is 0 Å². The summed E-state index contributed by atoms with van der Waals surface area (Å²) in [5.74, 6) is -0.00153. The first-order chi connectivity index (χ1) is 8.13. The Morgan fingerprint density at radius 3 is 2.53 bits per heavy atom. The zero-order chi connectivity index (χ0) is 12.7. The topological polar surface area (TPSA) is 58.4 Å². The number of anilines is 1. The summed E-state index contributed by atoms with van der Waals surface area (Å²) in [5.41, 5.74) is 6.35. The lowest BCUT2D eigenvalue weighted by Gasteiger charge is -2.24. The minimum atomic E-state index is -0.00153. The van der Waals surface area contributed by atoms with Gasteiger partial charge in [0, 0.05) is 24.8 Å². The Morgan fingerprint density at radius 1 is 1.35 bits per heavy atom. The summed E-state index contributed by atoms with van der Waals surface area (Å²) in [7, 11) is 0. The van der Waals surface area contributed by atoms with E-state index in [1.807, 2.05) is 30.3 Å². The number of hydrogen-bond donors (Lipinski definition) is 2. The largest absolute Gasteiger partial charge is 0.329 e. The molecule has 0 radical (unpaired) electrons. The van der Waals surface area contributed by atoms with Crippen molar-refractivity contribution in [3.63, 3.8) is 0 Å². The summed E-state index contributed by atoms with van der Waals surface area (Å²) in [6, 6.07) is 9.79. The molecule has 4 heteroatoms. The summed E-state index contributed by atoms with van der Waals surface area (Å²) in [6.45, 7) is 5.80. The van der Waals surface area contributed by atoms with Crippen LogP contribution in [0.3, 0.4) is 0 Å². The highest BCUT2D eigenvalue weighted by molar-refractivity contribution is 5.92. The third-order valence-corrected chi connectivity index (χ3v) is 2.55. The first kappa shape index (κ1) is 13.7. The standard InChI is InChI=1S/C13H21N3O/c1-11(2)16(9-8-14)10-13(17)15-12-6-4-3-5-7-12/h3-7,11H,8-10,14H2,1-2H3,(H,15,17). The molecular formula is C13H21N3O. The minimum absolute atomic E-state index is 0.00153. The molecule has 0 spiro atoms. The van der Waals surface area contributed by atoms with Gasteiger partial charge in [0.05, 0.1) is 6.54 Å². The van der Waals surface area contributed by atoms with Crippen LogP contribution in [0.2, 0.25) is 0 Å². The van der Waals surface area contributed by atoms with Crippen LogP contribution in [0.1, 0.15) is 13.8 Å². The number of benzene rings is 1. The lowest BCUT2D eigenvalue weighted by Crippen LogP contribution is -2.40. The fourth-order valence-electron chi connectivity index (χ4n) is 1.59. The van der Waals surface area contributed by atoms with E-state index < -0.39 is 0 Å². The Bertz CT molecular complexity index is 338. The lowest BCUT2D eigenvalue weighted by molar-refractivity contribution is -0.117. The quantitative estimate of drug-likeness (QED) is 0.781. The van der Waals surface area contributed by atoms with Gasteiger partial charge in [-0.1, -0.05) is 18.2 Å². The molecule has 0 heterocycles. The summed E-state index contributed by atoms with van der Waals surface area (Å²) < 4.78 is 0. The average molecular weight is 235 g/mol. The second-order valence-corrected chi connectivity index (χ2v) is 4.27. The number of para-hydroxylation sites is 1. The van der Waals surface area contributed by atoms with Crippen molar-refractivity contribution in [3.05, 3.63) is 30.3 Å². The van der Waals surface area contributed by atoms with Crippen molar-refractivity contribution in [1.82, 2.24) is 4.90 Å². The summed E-state index contributed by atoms with van der Waals surface area (Å²) in [4.78, 5) is 13.9. The molecule has 0 saturated heterocycles. The zero-order valence-corrected chi connectivity index (χ0v) is 10.5.